The van der Waals surface area contributed by atoms with Gasteiger partial charge < -0.3 is 5.32 Å². The van der Waals surface area contributed by atoms with Gasteiger partial charge in [0.1, 0.15) is 0 Å². The smallest absolute Gasteiger partial charge is 0.0609 e. The van der Waals surface area contributed by atoms with Crippen LogP contribution in [-0.4, -0.2) is 11.5 Å². The Hall–Kier alpha value is -0.900. The maximum Gasteiger partial charge on any atom is 0.0609 e. The SMILES string of the molecule is CCCNC(c1cnccc1C)c1cc(Br)ccc1Cl. The van der Waals surface area contributed by atoms with Crippen LogP contribution in [0.2, 0.25) is 5.02 Å². The second-order valence-corrected chi connectivity index (χ2v) is 6.11. The lowest BCUT2D eigenvalue weighted by molar-refractivity contribution is 0.594. The third kappa shape index (κ3) is 3.60. The fraction of sp³-hybridized carbons (Fsp3) is 0.312. The second kappa shape index (κ2) is 7.21. The first-order valence-corrected chi connectivity index (χ1v) is 7.89. The van der Waals surface area contributed by atoms with E-state index >= 15 is 0 Å². The van der Waals surface area contributed by atoms with Crippen LogP contribution in [0.4, 0.5) is 0 Å². The maximum absolute atomic E-state index is 6.39. The van der Waals surface area contributed by atoms with E-state index in [9.17, 15) is 0 Å². The topological polar surface area (TPSA) is 24.9 Å². The van der Waals surface area contributed by atoms with Gasteiger partial charge in [0.25, 0.3) is 0 Å². The average molecular weight is 354 g/mol. The quantitative estimate of drug-likeness (QED) is 0.827. The van der Waals surface area contributed by atoms with Crippen LogP contribution in [0.15, 0.2) is 41.1 Å². The van der Waals surface area contributed by atoms with Crippen LogP contribution in [0.5, 0.6) is 0 Å². The van der Waals surface area contributed by atoms with E-state index in [0.717, 1.165) is 28.0 Å². The first-order chi connectivity index (χ1) is 9.63. The molecule has 106 valence electrons. The number of pyridine rings is 1. The average Bonchev–Trinajstić information content (AvgIpc) is 2.44. The number of hydrogen-bond acceptors (Lipinski definition) is 2. The van der Waals surface area contributed by atoms with Crippen LogP contribution in [0, 0.1) is 6.92 Å². The van der Waals surface area contributed by atoms with Crippen LogP contribution >= 0.6 is 27.5 Å². The number of rotatable bonds is 5. The molecule has 0 saturated heterocycles. The molecule has 2 rings (SSSR count). The summed E-state index contributed by atoms with van der Waals surface area (Å²) < 4.78 is 1.03. The minimum Gasteiger partial charge on any atom is -0.306 e. The Balaban J connectivity index is 2.47. The highest BCUT2D eigenvalue weighted by Crippen LogP contribution is 2.31. The molecule has 0 aliphatic carbocycles. The number of nitrogens with one attached hydrogen (secondary N) is 1. The molecule has 4 heteroatoms. The lowest BCUT2D eigenvalue weighted by Crippen LogP contribution is -2.24. The Morgan fingerprint density at radius 2 is 2.10 bits per heavy atom. The fourth-order valence-electron chi connectivity index (χ4n) is 2.19. The van der Waals surface area contributed by atoms with Crippen molar-refractivity contribution in [2.75, 3.05) is 6.54 Å². The largest absolute Gasteiger partial charge is 0.306 e. The molecular weight excluding hydrogens is 336 g/mol. The molecule has 0 radical (unpaired) electrons. The van der Waals surface area contributed by atoms with E-state index in [4.69, 9.17) is 11.6 Å². The van der Waals surface area contributed by atoms with Crippen LogP contribution in [0.3, 0.4) is 0 Å². The summed E-state index contributed by atoms with van der Waals surface area (Å²) in [6.07, 6.45) is 4.81. The molecule has 0 bridgehead atoms. The lowest BCUT2D eigenvalue weighted by atomic mass is 9.96. The molecular formula is C16H18BrClN2. The van der Waals surface area contributed by atoms with Gasteiger partial charge in [-0.2, -0.15) is 0 Å². The van der Waals surface area contributed by atoms with E-state index in [1.54, 1.807) is 0 Å². The Morgan fingerprint density at radius 1 is 1.30 bits per heavy atom. The zero-order chi connectivity index (χ0) is 14.5. The molecule has 1 heterocycles. The summed E-state index contributed by atoms with van der Waals surface area (Å²) in [5, 5.41) is 4.33. The van der Waals surface area contributed by atoms with E-state index in [0.29, 0.717) is 0 Å². The van der Waals surface area contributed by atoms with Gasteiger partial charge in [0.15, 0.2) is 0 Å². The summed E-state index contributed by atoms with van der Waals surface area (Å²) in [4.78, 5) is 4.26. The van der Waals surface area contributed by atoms with Gasteiger partial charge >= 0.3 is 0 Å². The number of aryl methyl sites for hydroxylation is 1. The Labute approximate surface area is 133 Å². The van der Waals surface area contributed by atoms with Crippen molar-refractivity contribution in [1.82, 2.24) is 10.3 Å². The van der Waals surface area contributed by atoms with Gasteiger partial charge in [0, 0.05) is 21.9 Å². The molecule has 2 aromatic rings. The third-order valence-corrected chi connectivity index (χ3v) is 4.10. The molecule has 1 N–H and O–H groups in total. The number of benzene rings is 1. The van der Waals surface area contributed by atoms with E-state index in [1.807, 2.05) is 30.6 Å². The van der Waals surface area contributed by atoms with Gasteiger partial charge in [-0.3, -0.25) is 4.98 Å². The lowest BCUT2D eigenvalue weighted by Gasteiger charge is -2.22. The zero-order valence-corrected chi connectivity index (χ0v) is 14.0. The second-order valence-electron chi connectivity index (χ2n) is 4.79. The van der Waals surface area contributed by atoms with Crippen molar-refractivity contribution in [3.05, 3.63) is 62.8 Å². The fourth-order valence-corrected chi connectivity index (χ4v) is 2.80. The summed E-state index contributed by atoms with van der Waals surface area (Å²) in [5.41, 5.74) is 3.45. The molecule has 0 amide bonds. The van der Waals surface area contributed by atoms with Crippen molar-refractivity contribution < 1.29 is 0 Å². The summed E-state index contributed by atoms with van der Waals surface area (Å²) in [7, 11) is 0. The van der Waals surface area contributed by atoms with Crippen LogP contribution < -0.4 is 5.32 Å². The van der Waals surface area contributed by atoms with Gasteiger partial charge in [-0.15, -0.1) is 0 Å². The summed E-state index contributed by atoms with van der Waals surface area (Å²) in [6.45, 7) is 5.19. The first-order valence-electron chi connectivity index (χ1n) is 6.72. The van der Waals surface area contributed by atoms with Gasteiger partial charge in [0.2, 0.25) is 0 Å². The van der Waals surface area contributed by atoms with E-state index in [-0.39, 0.29) is 6.04 Å². The monoisotopic (exact) mass is 352 g/mol. The van der Waals surface area contributed by atoms with E-state index in [2.05, 4.69) is 46.1 Å². The minimum absolute atomic E-state index is 0.0636. The van der Waals surface area contributed by atoms with Crippen molar-refractivity contribution in [1.29, 1.82) is 0 Å². The molecule has 1 aromatic heterocycles. The Morgan fingerprint density at radius 3 is 2.80 bits per heavy atom. The Kier molecular flexibility index (Phi) is 5.58. The molecule has 1 atom stereocenters. The van der Waals surface area contributed by atoms with Crippen molar-refractivity contribution >= 4 is 27.5 Å². The predicted octanol–water partition coefficient (Wildman–Crippen LogP) is 4.89. The van der Waals surface area contributed by atoms with Crippen molar-refractivity contribution in [3.8, 4) is 0 Å². The zero-order valence-electron chi connectivity index (χ0n) is 11.7. The summed E-state index contributed by atoms with van der Waals surface area (Å²) in [6, 6.07) is 8.05. The molecule has 1 unspecified atom stereocenters. The number of halogens is 2. The molecule has 20 heavy (non-hydrogen) atoms. The Bertz CT molecular complexity index is 586. The number of nitrogens with zero attached hydrogens (tertiary/aromatic N) is 1. The minimum atomic E-state index is 0.0636. The highest BCUT2D eigenvalue weighted by atomic mass is 79.9. The normalized spacial score (nSPS) is 12.4. The van der Waals surface area contributed by atoms with Crippen LogP contribution in [-0.2, 0) is 0 Å². The van der Waals surface area contributed by atoms with Crippen molar-refractivity contribution in [2.45, 2.75) is 26.3 Å². The van der Waals surface area contributed by atoms with Gasteiger partial charge in [-0.05, 0) is 60.8 Å². The molecule has 0 fully saturated rings. The number of hydrogen-bond donors (Lipinski definition) is 1. The molecule has 0 spiro atoms. The molecule has 1 aromatic carbocycles. The van der Waals surface area contributed by atoms with Crippen molar-refractivity contribution in [3.63, 3.8) is 0 Å². The molecule has 0 saturated carbocycles. The summed E-state index contributed by atoms with van der Waals surface area (Å²) in [5.74, 6) is 0. The van der Waals surface area contributed by atoms with Gasteiger partial charge in [-0.25, -0.2) is 0 Å². The third-order valence-electron chi connectivity index (χ3n) is 3.26. The first kappa shape index (κ1) is 15.5. The van der Waals surface area contributed by atoms with E-state index < -0.39 is 0 Å². The molecule has 0 aliphatic rings. The predicted molar refractivity (Wildman–Crippen MR) is 88.3 cm³/mol. The highest BCUT2D eigenvalue weighted by molar-refractivity contribution is 9.10. The molecule has 0 aliphatic heterocycles. The van der Waals surface area contributed by atoms with Crippen LogP contribution in [0.25, 0.3) is 0 Å². The van der Waals surface area contributed by atoms with Crippen LogP contribution in [0.1, 0.15) is 36.1 Å². The van der Waals surface area contributed by atoms with Gasteiger partial charge in [-0.1, -0.05) is 34.5 Å². The standard InChI is InChI=1S/C16H18BrClN2/c1-3-7-20-16(14-10-19-8-6-11(14)2)13-9-12(17)4-5-15(13)18/h4-6,8-10,16,20H,3,7H2,1-2H3. The van der Waals surface area contributed by atoms with Gasteiger partial charge in [0.05, 0.1) is 6.04 Å². The molecule has 2 nitrogen and oxygen atoms in total. The number of aromatic nitrogens is 1. The summed E-state index contributed by atoms with van der Waals surface area (Å²) >= 11 is 9.91. The van der Waals surface area contributed by atoms with Crippen molar-refractivity contribution in [2.24, 2.45) is 0 Å². The highest BCUT2D eigenvalue weighted by Gasteiger charge is 2.18. The maximum atomic E-state index is 6.39. The van der Waals surface area contributed by atoms with E-state index in [1.165, 1.54) is 11.1 Å².